The minimum atomic E-state index is -0.288. The normalized spacial score (nSPS) is 15.5. The molecule has 148 valence electrons. The molecule has 2 aromatic carbocycles. The Morgan fingerprint density at radius 2 is 2.07 bits per heavy atom. The van der Waals surface area contributed by atoms with Crippen LogP contribution in [0, 0.1) is 5.82 Å². The van der Waals surface area contributed by atoms with Gasteiger partial charge in [-0.2, -0.15) is 0 Å². The van der Waals surface area contributed by atoms with Gasteiger partial charge in [0.05, 0.1) is 6.54 Å². The Bertz CT molecular complexity index is 860. The van der Waals surface area contributed by atoms with Crippen molar-refractivity contribution in [2.45, 2.75) is 25.8 Å². The van der Waals surface area contributed by atoms with Gasteiger partial charge in [-0.25, -0.2) is 9.18 Å². The largest absolute Gasteiger partial charge is 0.492 e. The van der Waals surface area contributed by atoms with Crippen LogP contribution in [0.15, 0.2) is 42.5 Å². The van der Waals surface area contributed by atoms with E-state index in [4.69, 9.17) is 22.2 Å². The Hall–Kier alpha value is -2.71. The van der Waals surface area contributed by atoms with Gasteiger partial charge in [0.15, 0.2) is 0 Å². The summed E-state index contributed by atoms with van der Waals surface area (Å²) in [5.41, 5.74) is 4.20. The summed E-state index contributed by atoms with van der Waals surface area (Å²) < 4.78 is 19.1. The quantitative estimate of drug-likeness (QED) is 0.405. The molecule has 1 heterocycles. The fraction of sp³-hybridized carbons (Fsp3) is 0.300. The standard InChI is InChI=1S/C20H22FN3O3S/c1-13-2-3-15-12-16(21)6-9-18(15)24(13)20(25)22-10-11-27-17-7-4-14(5-8-17)19(28)23-26/h4-9,12-13,26H,2-3,10-11H2,1H3,(H,22,25)(H,23,28). The summed E-state index contributed by atoms with van der Waals surface area (Å²) in [5, 5.41) is 11.7. The summed E-state index contributed by atoms with van der Waals surface area (Å²) in [4.78, 5) is 14.5. The maximum absolute atomic E-state index is 13.5. The van der Waals surface area contributed by atoms with Crippen molar-refractivity contribution in [1.29, 1.82) is 0 Å². The number of carbonyl (C=O) groups is 1. The van der Waals surface area contributed by atoms with Gasteiger partial charge < -0.3 is 10.1 Å². The van der Waals surface area contributed by atoms with Crippen molar-refractivity contribution in [3.05, 3.63) is 59.4 Å². The molecular formula is C20H22FN3O3S. The van der Waals surface area contributed by atoms with Crippen LogP contribution in [0.25, 0.3) is 0 Å². The molecule has 1 aliphatic rings. The molecule has 3 rings (SSSR count). The number of ether oxygens (including phenoxy) is 1. The van der Waals surface area contributed by atoms with Gasteiger partial charge in [0.2, 0.25) is 0 Å². The van der Waals surface area contributed by atoms with Crippen LogP contribution in [-0.2, 0) is 6.42 Å². The number of benzene rings is 2. The zero-order valence-corrected chi connectivity index (χ0v) is 16.3. The highest BCUT2D eigenvalue weighted by Gasteiger charge is 2.28. The fourth-order valence-corrected chi connectivity index (χ4v) is 3.35. The molecule has 2 aromatic rings. The molecule has 0 fully saturated rings. The SMILES string of the molecule is CC1CCc2cc(F)ccc2N1C(=O)NCCOc1ccc(C(=S)NO)cc1. The van der Waals surface area contributed by atoms with Crippen LogP contribution in [0.2, 0.25) is 0 Å². The van der Waals surface area contributed by atoms with Crippen molar-refractivity contribution in [2.24, 2.45) is 0 Å². The lowest BCUT2D eigenvalue weighted by Gasteiger charge is -2.35. The van der Waals surface area contributed by atoms with E-state index in [1.807, 2.05) is 12.4 Å². The van der Waals surface area contributed by atoms with E-state index in [-0.39, 0.29) is 22.9 Å². The van der Waals surface area contributed by atoms with Crippen LogP contribution in [0.5, 0.6) is 5.75 Å². The molecule has 0 bridgehead atoms. The number of rotatable bonds is 5. The zero-order chi connectivity index (χ0) is 20.1. The number of hydrogen-bond acceptors (Lipinski definition) is 4. The highest BCUT2D eigenvalue weighted by Crippen LogP contribution is 2.31. The molecule has 28 heavy (non-hydrogen) atoms. The van der Waals surface area contributed by atoms with Crippen molar-refractivity contribution in [1.82, 2.24) is 10.8 Å². The third-order valence-corrected chi connectivity index (χ3v) is 4.98. The summed E-state index contributed by atoms with van der Waals surface area (Å²) in [6.07, 6.45) is 1.55. The number of amides is 2. The van der Waals surface area contributed by atoms with E-state index in [1.165, 1.54) is 12.1 Å². The first-order valence-electron chi connectivity index (χ1n) is 9.02. The molecule has 1 atom stereocenters. The number of nitrogens with one attached hydrogen (secondary N) is 2. The van der Waals surface area contributed by atoms with E-state index in [2.05, 4.69) is 5.32 Å². The van der Waals surface area contributed by atoms with Crippen LogP contribution in [-0.4, -0.2) is 35.4 Å². The second-order valence-electron chi connectivity index (χ2n) is 6.58. The number of fused-ring (bicyclic) bond motifs is 1. The molecule has 3 N–H and O–H groups in total. The second kappa shape index (κ2) is 8.99. The van der Waals surface area contributed by atoms with Gasteiger partial charge in [-0.3, -0.25) is 15.6 Å². The minimum Gasteiger partial charge on any atom is -0.492 e. The zero-order valence-electron chi connectivity index (χ0n) is 15.4. The fourth-order valence-electron chi connectivity index (χ4n) is 3.21. The summed E-state index contributed by atoms with van der Waals surface area (Å²) in [6, 6.07) is 11.3. The van der Waals surface area contributed by atoms with Crippen LogP contribution in [0.1, 0.15) is 24.5 Å². The van der Waals surface area contributed by atoms with Crippen LogP contribution in [0.3, 0.4) is 0 Å². The first kappa shape index (κ1) is 20.0. The summed E-state index contributed by atoms with van der Waals surface area (Å²) in [7, 11) is 0. The van der Waals surface area contributed by atoms with Crippen LogP contribution >= 0.6 is 12.2 Å². The van der Waals surface area contributed by atoms with E-state index in [9.17, 15) is 9.18 Å². The van der Waals surface area contributed by atoms with Gasteiger partial charge in [-0.15, -0.1) is 0 Å². The monoisotopic (exact) mass is 403 g/mol. The number of carbonyl (C=O) groups excluding carboxylic acids is 1. The molecule has 0 saturated heterocycles. The van der Waals surface area contributed by atoms with E-state index in [0.29, 0.717) is 24.5 Å². The number of hydroxylamine groups is 1. The van der Waals surface area contributed by atoms with Gasteiger partial charge in [0, 0.05) is 17.3 Å². The third kappa shape index (κ3) is 4.58. The number of anilines is 1. The third-order valence-electron chi connectivity index (χ3n) is 4.66. The van der Waals surface area contributed by atoms with Crippen molar-refractivity contribution in [3.8, 4) is 5.75 Å². The molecule has 1 aliphatic heterocycles. The Kier molecular flexibility index (Phi) is 6.43. The topological polar surface area (TPSA) is 73.8 Å². The van der Waals surface area contributed by atoms with Gasteiger partial charge in [0.25, 0.3) is 0 Å². The highest BCUT2D eigenvalue weighted by atomic mass is 32.1. The molecule has 0 aliphatic carbocycles. The first-order chi connectivity index (χ1) is 13.5. The molecule has 0 radical (unpaired) electrons. The number of urea groups is 1. The summed E-state index contributed by atoms with van der Waals surface area (Å²) in [5.74, 6) is 0.342. The molecule has 0 aromatic heterocycles. The Morgan fingerprint density at radius 1 is 1.32 bits per heavy atom. The molecule has 1 unspecified atom stereocenters. The van der Waals surface area contributed by atoms with E-state index < -0.39 is 0 Å². The van der Waals surface area contributed by atoms with Gasteiger partial charge >= 0.3 is 6.03 Å². The van der Waals surface area contributed by atoms with Crippen molar-refractivity contribution in [2.75, 3.05) is 18.1 Å². The molecule has 8 heteroatoms. The maximum atomic E-state index is 13.5. The lowest BCUT2D eigenvalue weighted by atomic mass is 9.97. The first-order valence-corrected chi connectivity index (χ1v) is 9.43. The van der Waals surface area contributed by atoms with E-state index >= 15 is 0 Å². The van der Waals surface area contributed by atoms with E-state index in [1.54, 1.807) is 35.2 Å². The molecule has 0 spiro atoms. The molecule has 6 nitrogen and oxygen atoms in total. The van der Waals surface area contributed by atoms with Crippen molar-refractivity contribution in [3.63, 3.8) is 0 Å². The van der Waals surface area contributed by atoms with Crippen molar-refractivity contribution < 1.29 is 19.1 Å². The second-order valence-corrected chi connectivity index (χ2v) is 6.98. The average molecular weight is 403 g/mol. The number of aryl methyl sites for hydroxylation is 1. The van der Waals surface area contributed by atoms with Crippen LogP contribution in [0.4, 0.5) is 14.9 Å². The predicted molar refractivity (Wildman–Crippen MR) is 109 cm³/mol. The predicted octanol–water partition coefficient (Wildman–Crippen LogP) is 3.41. The smallest absolute Gasteiger partial charge is 0.322 e. The molecular weight excluding hydrogens is 381 g/mol. The highest BCUT2D eigenvalue weighted by molar-refractivity contribution is 7.80. The van der Waals surface area contributed by atoms with Gasteiger partial charge in [0.1, 0.15) is 23.2 Å². The van der Waals surface area contributed by atoms with E-state index in [0.717, 1.165) is 24.1 Å². The van der Waals surface area contributed by atoms with Crippen molar-refractivity contribution >= 4 is 28.9 Å². The summed E-state index contributed by atoms with van der Waals surface area (Å²) in [6.45, 7) is 2.61. The number of nitrogens with zero attached hydrogens (tertiary/aromatic N) is 1. The molecule has 2 amide bonds. The number of halogens is 1. The summed E-state index contributed by atoms with van der Waals surface area (Å²) >= 11 is 4.93. The Labute approximate surface area is 168 Å². The Morgan fingerprint density at radius 3 is 2.79 bits per heavy atom. The minimum absolute atomic E-state index is 0.0374. The van der Waals surface area contributed by atoms with Gasteiger partial charge in [-0.05, 0) is 67.8 Å². The lowest BCUT2D eigenvalue weighted by Crippen LogP contribution is -2.48. The molecule has 0 saturated carbocycles. The Balaban J connectivity index is 1.53. The van der Waals surface area contributed by atoms with Crippen LogP contribution < -0.4 is 20.4 Å². The van der Waals surface area contributed by atoms with Gasteiger partial charge in [-0.1, -0.05) is 12.2 Å². The average Bonchev–Trinajstić information content (AvgIpc) is 2.71. The lowest BCUT2D eigenvalue weighted by molar-refractivity contribution is 0.238. The number of hydrogen-bond donors (Lipinski definition) is 3. The maximum Gasteiger partial charge on any atom is 0.322 e. The number of thiocarbonyl (C=S) groups is 1.